The van der Waals surface area contributed by atoms with Gasteiger partial charge in [-0.1, -0.05) is 12.1 Å². The molecular formula is C17H25NO3. The van der Waals surface area contributed by atoms with Crippen molar-refractivity contribution in [2.24, 2.45) is 0 Å². The van der Waals surface area contributed by atoms with Gasteiger partial charge < -0.3 is 10.1 Å². The average Bonchev–Trinajstić information content (AvgIpc) is 2.29. The maximum atomic E-state index is 12.2. The van der Waals surface area contributed by atoms with E-state index in [4.69, 9.17) is 4.74 Å². The molecule has 1 atom stereocenters. The lowest BCUT2D eigenvalue weighted by Crippen LogP contribution is -2.38. The van der Waals surface area contributed by atoms with E-state index in [1.54, 1.807) is 27.7 Å². The number of nitrogens with one attached hydrogen (secondary N) is 1. The summed E-state index contributed by atoms with van der Waals surface area (Å²) >= 11 is 0. The number of alkyl carbamates (subject to hydrolysis) is 1. The van der Waals surface area contributed by atoms with Crippen LogP contribution in [0.1, 0.15) is 55.6 Å². The molecule has 0 radical (unpaired) electrons. The highest BCUT2D eigenvalue weighted by Crippen LogP contribution is 2.13. The number of amides is 1. The fourth-order valence-electron chi connectivity index (χ4n) is 1.87. The highest BCUT2D eigenvalue weighted by Gasteiger charge is 2.19. The molecule has 0 saturated carbocycles. The van der Waals surface area contributed by atoms with Crippen LogP contribution in [0.2, 0.25) is 0 Å². The van der Waals surface area contributed by atoms with Gasteiger partial charge in [-0.25, -0.2) is 4.79 Å². The first-order valence-electron chi connectivity index (χ1n) is 7.18. The second-order valence-electron chi connectivity index (χ2n) is 6.47. The molecule has 0 fully saturated rings. The summed E-state index contributed by atoms with van der Waals surface area (Å²) in [5.41, 5.74) is 2.39. The lowest BCUT2D eigenvalue weighted by molar-refractivity contribution is 0.0506. The number of hydrogen-bond donors (Lipinski definition) is 1. The zero-order valence-electron chi connectivity index (χ0n) is 13.7. The van der Waals surface area contributed by atoms with E-state index in [0.29, 0.717) is 5.56 Å². The molecule has 4 heteroatoms. The first kappa shape index (κ1) is 17.2. The minimum absolute atomic E-state index is 0.0154. The number of carbonyl (C=O) groups excluding carboxylic acids is 2. The smallest absolute Gasteiger partial charge is 0.407 e. The third-order valence-electron chi connectivity index (χ3n) is 3.08. The predicted molar refractivity (Wildman–Crippen MR) is 83.7 cm³/mol. The van der Waals surface area contributed by atoms with Gasteiger partial charge >= 0.3 is 6.09 Å². The molecule has 0 heterocycles. The van der Waals surface area contributed by atoms with Crippen LogP contribution < -0.4 is 5.32 Å². The van der Waals surface area contributed by atoms with Crippen molar-refractivity contribution < 1.29 is 14.3 Å². The summed E-state index contributed by atoms with van der Waals surface area (Å²) in [4.78, 5) is 23.8. The third kappa shape index (κ3) is 5.98. The highest BCUT2D eigenvalue weighted by molar-refractivity contribution is 5.96. The third-order valence-corrected chi connectivity index (χ3v) is 3.08. The maximum absolute atomic E-state index is 12.2. The number of ether oxygens (including phenoxy) is 1. The van der Waals surface area contributed by atoms with Gasteiger partial charge in [0, 0.05) is 18.0 Å². The van der Waals surface area contributed by atoms with Gasteiger partial charge in [0.25, 0.3) is 0 Å². The number of carbonyl (C=O) groups is 2. The Hall–Kier alpha value is -1.84. The molecule has 1 amide bonds. The highest BCUT2D eigenvalue weighted by atomic mass is 16.6. The molecular weight excluding hydrogens is 266 g/mol. The Morgan fingerprint density at radius 3 is 2.33 bits per heavy atom. The number of aryl methyl sites for hydroxylation is 2. The minimum atomic E-state index is -0.540. The zero-order valence-corrected chi connectivity index (χ0v) is 13.7. The van der Waals surface area contributed by atoms with Gasteiger partial charge in [-0.15, -0.1) is 0 Å². The van der Waals surface area contributed by atoms with Crippen molar-refractivity contribution in [2.75, 3.05) is 0 Å². The Labute approximate surface area is 126 Å². The molecule has 4 nitrogen and oxygen atoms in total. The van der Waals surface area contributed by atoms with E-state index in [0.717, 1.165) is 11.1 Å². The van der Waals surface area contributed by atoms with Crippen LogP contribution in [0.4, 0.5) is 4.79 Å². The van der Waals surface area contributed by atoms with Crippen LogP contribution in [0.3, 0.4) is 0 Å². The first-order chi connectivity index (χ1) is 9.58. The van der Waals surface area contributed by atoms with Crippen LogP contribution in [-0.4, -0.2) is 23.5 Å². The van der Waals surface area contributed by atoms with Crippen molar-refractivity contribution in [2.45, 2.75) is 59.6 Å². The van der Waals surface area contributed by atoms with Crippen LogP contribution in [0.5, 0.6) is 0 Å². The van der Waals surface area contributed by atoms with Crippen LogP contribution in [0.25, 0.3) is 0 Å². The Balaban J connectivity index is 2.58. The molecule has 0 spiro atoms. The van der Waals surface area contributed by atoms with Gasteiger partial charge in [-0.3, -0.25) is 4.79 Å². The Morgan fingerprint density at radius 1 is 1.19 bits per heavy atom. The van der Waals surface area contributed by atoms with E-state index in [1.807, 2.05) is 32.0 Å². The lowest BCUT2D eigenvalue weighted by atomic mass is 10.0. The fourth-order valence-corrected chi connectivity index (χ4v) is 1.87. The van der Waals surface area contributed by atoms with Crippen molar-refractivity contribution in [3.05, 3.63) is 34.9 Å². The summed E-state index contributed by atoms with van der Waals surface area (Å²) < 4.78 is 5.17. The molecule has 0 aliphatic carbocycles. The molecule has 0 saturated heterocycles. The Bertz CT molecular complexity index is 529. The summed E-state index contributed by atoms with van der Waals surface area (Å²) in [6.07, 6.45) is -0.246. The summed E-state index contributed by atoms with van der Waals surface area (Å²) in [7, 11) is 0. The average molecular weight is 291 g/mol. The molecule has 116 valence electrons. The molecule has 1 N–H and O–H groups in total. The minimum Gasteiger partial charge on any atom is -0.444 e. The molecule has 21 heavy (non-hydrogen) atoms. The predicted octanol–water partition coefficient (Wildman–Crippen LogP) is 3.79. The summed E-state index contributed by atoms with van der Waals surface area (Å²) in [6.45, 7) is 11.2. The number of Topliss-reactive ketones (excluding diaryl/α,β-unsaturated/α-hetero) is 1. The van der Waals surface area contributed by atoms with E-state index in [2.05, 4.69) is 5.32 Å². The number of hydrogen-bond acceptors (Lipinski definition) is 3. The van der Waals surface area contributed by atoms with Gasteiger partial charge in [0.1, 0.15) is 5.60 Å². The Kier molecular flexibility index (Phi) is 5.53. The van der Waals surface area contributed by atoms with Crippen molar-refractivity contribution in [1.82, 2.24) is 5.32 Å². The molecule has 1 rings (SSSR count). The van der Waals surface area contributed by atoms with E-state index in [-0.39, 0.29) is 18.2 Å². The standard InChI is InChI=1S/C17H25NO3/c1-11-7-8-14(9-12(11)2)15(19)10-13(3)18-16(20)21-17(4,5)6/h7-9,13H,10H2,1-6H3,(H,18,20). The van der Waals surface area contributed by atoms with Crippen LogP contribution in [0, 0.1) is 13.8 Å². The second kappa shape index (κ2) is 6.74. The van der Waals surface area contributed by atoms with Gasteiger partial charge in [0.2, 0.25) is 0 Å². The molecule has 1 unspecified atom stereocenters. The van der Waals surface area contributed by atoms with Crippen LogP contribution in [-0.2, 0) is 4.74 Å². The number of benzene rings is 1. The van der Waals surface area contributed by atoms with E-state index < -0.39 is 11.7 Å². The quantitative estimate of drug-likeness (QED) is 0.859. The molecule has 0 aliphatic rings. The lowest BCUT2D eigenvalue weighted by Gasteiger charge is -2.21. The van der Waals surface area contributed by atoms with Crippen molar-refractivity contribution in [3.63, 3.8) is 0 Å². The van der Waals surface area contributed by atoms with E-state index >= 15 is 0 Å². The van der Waals surface area contributed by atoms with Crippen molar-refractivity contribution in [3.8, 4) is 0 Å². The van der Waals surface area contributed by atoms with Crippen molar-refractivity contribution >= 4 is 11.9 Å². The monoisotopic (exact) mass is 291 g/mol. The number of ketones is 1. The number of rotatable bonds is 4. The van der Waals surface area contributed by atoms with Crippen LogP contribution >= 0.6 is 0 Å². The largest absolute Gasteiger partial charge is 0.444 e. The van der Waals surface area contributed by atoms with Gasteiger partial charge in [0.15, 0.2) is 5.78 Å². The molecule has 1 aromatic carbocycles. The fraction of sp³-hybridized carbons (Fsp3) is 0.529. The summed E-state index contributed by atoms with van der Waals surface area (Å²) in [5.74, 6) is 0.0154. The zero-order chi connectivity index (χ0) is 16.2. The Morgan fingerprint density at radius 2 is 1.81 bits per heavy atom. The summed E-state index contributed by atoms with van der Waals surface area (Å²) in [5, 5.41) is 2.68. The molecule has 0 bridgehead atoms. The topological polar surface area (TPSA) is 55.4 Å². The maximum Gasteiger partial charge on any atom is 0.407 e. The second-order valence-corrected chi connectivity index (χ2v) is 6.47. The first-order valence-corrected chi connectivity index (χ1v) is 7.18. The molecule has 1 aromatic rings. The van der Waals surface area contributed by atoms with Gasteiger partial charge in [-0.2, -0.15) is 0 Å². The van der Waals surface area contributed by atoms with E-state index in [9.17, 15) is 9.59 Å². The molecule has 0 aliphatic heterocycles. The van der Waals surface area contributed by atoms with Crippen LogP contribution in [0.15, 0.2) is 18.2 Å². The van der Waals surface area contributed by atoms with Gasteiger partial charge in [0.05, 0.1) is 0 Å². The van der Waals surface area contributed by atoms with Crippen molar-refractivity contribution in [1.29, 1.82) is 0 Å². The van der Waals surface area contributed by atoms with Gasteiger partial charge in [-0.05, 0) is 58.7 Å². The SMILES string of the molecule is Cc1ccc(C(=O)CC(C)NC(=O)OC(C)(C)C)cc1C. The van der Waals surface area contributed by atoms with E-state index in [1.165, 1.54) is 0 Å². The molecule has 0 aromatic heterocycles. The summed E-state index contributed by atoms with van der Waals surface area (Å²) in [6, 6.07) is 5.38. The normalized spacial score (nSPS) is 12.7.